The highest BCUT2D eigenvalue weighted by molar-refractivity contribution is 7.85. The summed E-state index contributed by atoms with van der Waals surface area (Å²) >= 11 is 6.05. The van der Waals surface area contributed by atoms with Gasteiger partial charge in [0.2, 0.25) is 5.95 Å². The molecule has 3 heterocycles. The molecule has 0 radical (unpaired) electrons. The monoisotopic (exact) mass is 498 g/mol. The lowest BCUT2D eigenvalue weighted by molar-refractivity contribution is 0.143. The number of anilines is 2. The van der Waals surface area contributed by atoms with Crippen molar-refractivity contribution < 1.29 is 9.32 Å². The summed E-state index contributed by atoms with van der Waals surface area (Å²) in [4.78, 5) is 12.8. The number of benzene rings is 1. The van der Waals surface area contributed by atoms with Crippen LogP contribution in [0.4, 0.5) is 11.8 Å². The third-order valence-electron chi connectivity index (χ3n) is 8.15. The van der Waals surface area contributed by atoms with E-state index in [-0.39, 0.29) is 17.6 Å². The van der Waals surface area contributed by atoms with Crippen molar-refractivity contribution in [3.05, 3.63) is 46.6 Å². The Hall–Kier alpha value is -1.96. The maximum atomic E-state index is 12.9. The van der Waals surface area contributed by atoms with Gasteiger partial charge in [-0.2, -0.15) is 4.98 Å². The lowest BCUT2D eigenvalue weighted by Crippen LogP contribution is -2.57. The van der Waals surface area contributed by atoms with Gasteiger partial charge in [-0.05, 0) is 74.6 Å². The average molecular weight is 499 g/mol. The summed E-state index contributed by atoms with van der Waals surface area (Å²) < 4.78 is 12.9. The molecule has 2 fully saturated rings. The Morgan fingerprint density at radius 1 is 1.09 bits per heavy atom. The van der Waals surface area contributed by atoms with Gasteiger partial charge in [-0.1, -0.05) is 29.8 Å². The zero-order valence-corrected chi connectivity index (χ0v) is 20.9. The summed E-state index contributed by atoms with van der Waals surface area (Å²) in [6.45, 7) is 1.97. The molecule has 0 unspecified atom stereocenters. The molecule has 8 heteroatoms. The predicted molar refractivity (Wildman–Crippen MR) is 137 cm³/mol. The Balaban J connectivity index is 1.21. The van der Waals surface area contributed by atoms with E-state index in [1.807, 2.05) is 12.1 Å². The van der Waals surface area contributed by atoms with Gasteiger partial charge in [0, 0.05) is 29.3 Å². The molecule has 1 atom stereocenters. The molecule has 0 bridgehead atoms. The second-order valence-corrected chi connectivity index (χ2v) is 12.5. The number of nitrogens with one attached hydrogen (secondary N) is 1. The Labute approximate surface area is 208 Å². The number of aromatic nitrogens is 2. The highest BCUT2D eigenvalue weighted by Crippen LogP contribution is 2.47. The molecular formula is C26H31ClN4O2S. The molecule has 2 aliphatic heterocycles. The molecule has 6 nitrogen and oxygen atoms in total. The molecule has 2 aromatic rings. The first-order valence-corrected chi connectivity index (χ1v) is 14.1. The molecule has 180 valence electrons. The highest BCUT2D eigenvalue weighted by atomic mass is 35.5. The normalized spacial score (nSPS) is 24.6. The van der Waals surface area contributed by atoms with Crippen molar-refractivity contribution in [1.82, 2.24) is 9.97 Å². The molecule has 1 saturated heterocycles. The number of rotatable bonds is 5. The van der Waals surface area contributed by atoms with Gasteiger partial charge < -0.3 is 15.3 Å². The smallest absolute Gasteiger partial charge is 0.227 e. The number of hydrogen-bond acceptors (Lipinski definition) is 6. The first-order valence-electron chi connectivity index (χ1n) is 12.4. The van der Waals surface area contributed by atoms with Crippen molar-refractivity contribution in [2.24, 2.45) is 5.41 Å². The number of allylic oxidation sites excluding steroid dienone is 2. The van der Waals surface area contributed by atoms with Crippen LogP contribution >= 0.6 is 11.6 Å². The number of fused-ring (bicyclic) bond motifs is 1. The standard InChI is InChI=1S/C26H31ClN4O2S/c27-20-6-4-18(5-7-20)19-8-12-25(13-9-19)15-31(16-25)24-28-21-3-1-14-34(33)22(21)23(29-24)30-26(17-32)10-2-11-26/h4-8,32H,1-3,9-17H2,(H,28,29,30)/t34-/m1/s1. The molecule has 1 spiro atoms. The molecule has 1 aromatic carbocycles. The van der Waals surface area contributed by atoms with Crippen LogP contribution in [0.15, 0.2) is 35.2 Å². The van der Waals surface area contributed by atoms with E-state index in [2.05, 4.69) is 28.4 Å². The SMILES string of the molecule is O=[S@@]1CCCc2nc(N3CC4(CC=C(c5ccc(Cl)cc5)CC4)C3)nc(NC3(CO)CCC3)c21. The predicted octanol–water partition coefficient (Wildman–Crippen LogP) is 4.58. The second-order valence-electron chi connectivity index (χ2n) is 10.5. The van der Waals surface area contributed by atoms with E-state index in [1.54, 1.807) is 0 Å². The van der Waals surface area contributed by atoms with Crippen molar-refractivity contribution in [3.63, 3.8) is 0 Å². The first kappa shape index (κ1) is 22.5. The zero-order chi connectivity index (χ0) is 23.3. The Morgan fingerprint density at radius 2 is 1.88 bits per heavy atom. The number of hydrogen-bond donors (Lipinski definition) is 2. The minimum absolute atomic E-state index is 0.0723. The van der Waals surface area contributed by atoms with E-state index >= 15 is 0 Å². The van der Waals surface area contributed by atoms with Gasteiger partial charge in [0.1, 0.15) is 10.7 Å². The summed E-state index contributed by atoms with van der Waals surface area (Å²) in [6, 6.07) is 8.15. The largest absolute Gasteiger partial charge is 0.394 e. The van der Waals surface area contributed by atoms with Crippen LogP contribution in [0.2, 0.25) is 5.02 Å². The molecular weight excluding hydrogens is 468 g/mol. The van der Waals surface area contributed by atoms with Gasteiger partial charge in [0.15, 0.2) is 0 Å². The molecule has 4 aliphatic rings. The Bertz CT molecular complexity index is 1150. The van der Waals surface area contributed by atoms with Crippen molar-refractivity contribution in [3.8, 4) is 0 Å². The number of aliphatic hydroxyl groups excluding tert-OH is 1. The lowest BCUT2D eigenvalue weighted by Gasteiger charge is -2.52. The molecule has 34 heavy (non-hydrogen) atoms. The van der Waals surface area contributed by atoms with Crippen LogP contribution < -0.4 is 10.2 Å². The minimum atomic E-state index is -1.09. The summed E-state index contributed by atoms with van der Waals surface area (Å²) in [5, 5.41) is 14.3. The van der Waals surface area contributed by atoms with Crippen LogP contribution in [0.3, 0.4) is 0 Å². The molecule has 2 aliphatic carbocycles. The zero-order valence-electron chi connectivity index (χ0n) is 19.4. The van der Waals surface area contributed by atoms with E-state index in [9.17, 15) is 9.32 Å². The minimum Gasteiger partial charge on any atom is -0.394 e. The molecule has 0 amide bonds. The van der Waals surface area contributed by atoms with E-state index in [4.69, 9.17) is 21.6 Å². The summed E-state index contributed by atoms with van der Waals surface area (Å²) in [5.74, 6) is 2.08. The lowest BCUT2D eigenvalue weighted by atomic mass is 9.69. The fraction of sp³-hybridized carbons (Fsp3) is 0.538. The topological polar surface area (TPSA) is 78.4 Å². The second kappa shape index (κ2) is 8.61. The van der Waals surface area contributed by atoms with Crippen molar-refractivity contribution in [1.29, 1.82) is 0 Å². The molecule has 1 aromatic heterocycles. The number of aryl methyl sites for hydroxylation is 1. The van der Waals surface area contributed by atoms with Gasteiger partial charge in [0.25, 0.3) is 0 Å². The molecule has 6 rings (SSSR count). The molecule has 2 N–H and O–H groups in total. The fourth-order valence-corrected chi connectivity index (χ4v) is 7.29. The van der Waals surface area contributed by atoms with Crippen LogP contribution in [-0.4, -0.2) is 50.3 Å². The van der Waals surface area contributed by atoms with Crippen molar-refractivity contribution in [2.45, 2.75) is 61.8 Å². The van der Waals surface area contributed by atoms with E-state index in [0.29, 0.717) is 11.6 Å². The number of halogens is 1. The number of nitrogens with zero attached hydrogens (tertiary/aromatic N) is 3. The van der Waals surface area contributed by atoms with Gasteiger partial charge in [-0.15, -0.1) is 0 Å². The van der Waals surface area contributed by atoms with E-state index in [1.165, 1.54) is 11.1 Å². The van der Waals surface area contributed by atoms with Crippen molar-refractivity contribution in [2.75, 3.05) is 35.7 Å². The maximum Gasteiger partial charge on any atom is 0.227 e. The van der Waals surface area contributed by atoms with E-state index in [0.717, 1.165) is 86.0 Å². The fourth-order valence-electron chi connectivity index (χ4n) is 5.83. The summed E-state index contributed by atoms with van der Waals surface area (Å²) in [6.07, 6.45) is 10.4. The summed E-state index contributed by atoms with van der Waals surface area (Å²) in [5.41, 5.74) is 3.55. The third-order valence-corrected chi connectivity index (χ3v) is 9.94. The Kier molecular flexibility index (Phi) is 5.70. The highest BCUT2D eigenvalue weighted by Gasteiger charge is 2.45. The van der Waals surface area contributed by atoms with Gasteiger partial charge in [-0.3, -0.25) is 4.21 Å². The average Bonchev–Trinajstić information content (AvgIpc) is 2.80. The first-order chi connectivity index (χ1) is 16.5. The van der Waals surface area contributed by atoms with Crippen LogP contribution in [0.5, 0.6) is 0 Å². The van der Waals surface area contributed by atoms with Crippen molar-refractivity contribution >= 4 is 39.7 Å². The van der Waals surface area contributed by atoms with Crippen LogP contribution in [0.25, 0.3) is 5.57 Å². The maximum absolute atomic E-state index is 12.9. The van der Waals surface area contributed by atoms with Gasteiger partial charge >= 0.3 is 0 Å². The van der Waals surface area contributed by atoms with Gasteiger partial charge in [0.05, 0.1) is 28.6 Å². The van der Waals surface area contributed by atoms with Crippen LogP contribution in [0, 0.1) is 5.41 Å². The Morgan fingerprint density at radius 3 is 2.53 bits per heavy atom. The summed E-state index contributed by atoms with van der Waals surface area (Å²) in [7, 11) is -1.09. The quantitative estimate of drug-likeness (QED) is 0.628. The number of aliphatic hydroxyl groups is 1. The van der Waals surface area contributed by atoms with Gasteiger partial charge in [-0.25, -0.2) is 4.98 Å². The third kappa shape index (κ3) is 3.95. The molecule has 1 saturated carbocycles. The van der Waals surface area contributed by atoms with E-state index < -0.39 is 10.8 Å². The van der Waals surface area contributed by atoms with Crippen LogP contribution in [-0.2, 0) is 17.2 Å². The van der Waals surface area contributed by atoms with Crippen LogP contribution in [0.1, 0.15) is 56.2 Å².